The lowest BCUT2D eigenvalue weighted by Gasteiger charge is -2.32. The highest BCUT2D eigenvalue weighted by atomic mass is 16.5. The van der Waals surface area contributed by atoms with Crippen LogP contribution in [0, 0.1) is 6.92 Å². The first kappa shape index (κ1) is 16.4. The minimum atomic E-state index is 0.0693. The van der Waals surface area contributed by atoms with Gasteiger partial charge in [0.1, 0.15) is 6.33 Å². The zero-order valence-electron chi connectivity index (χ0n) is 15.1. The van der Waals surface area contributed by atoms with Crippen molar-refractivity contribution in [3.63, 3.8) is 0 Å². The molecule has 1 N–H and O–H groups in total. The van der Waals surface area contributed by atoms with Gasteiger partial charge >= 0.3 is 0 Å². The molecule has 2 atom stereocenters. The molecule has 0 saturated carbocycles. The quantitative estimate of drug-likeness (QED) is 0.776. The molecule has 2 aromatic carbocycles. The van der Waals surface area contributed by atoms with Crippen LogP contribution in [-0.4, -0.2) is 29.0 Å². The molecule has 3 aromatic rings. The molecule has 0 unspecified atom stereocenters. The summed E-state index contributed by atoms with van der Waals surface area (Å²) in [5.41, 5.74) is 3.62. The van der Waals surface area contributed by atoms with Crippen molar-refractivity contribution < 1.29 is 9.47 Å². The number of anilines is 1. The van der Waals surface area contributed by atoms with Gasteiger partial charge in [0, 0.05) is 0 Å². The third-order valence-electron chi connectivity index (χ3n) is 4.90. The van der Waals surface area contributed by atoms with E-state index >= 15 is 0 Å². The van der Waals surface area contributed by atoms with E-state index in [-0.39, 0.29) is 12.1 Å². The molecule has 6 nitrogen and oxygen atoms in total. The summed E-state index contributed by atoms with van der Waals surface area (Å²) in [6, 6.07) is 14.9. The van der Waals surface area contributed by atoms with Crippen molar-refractivity contribution in [2.24, 2.45) is 0 Å². The zero-order chi connectivity index (χ0) is 18.1. The topological polar surface area (TPSA) is 61.2 Å². The number of hydrogen-bond donors (Lipinski definition) is 1. The Balaban J connectivity index is 1.72. The van der Waals surface area contributed by atoms with Crippen molar-refractivity contribution >= 4 is 5.95 Å². The predicted molar refractivity (Wildman–Crippen MR) is 99.9 cm³/mol. The Labute approximate surface area is 152 Å². The van der Waals surface area contributed by atoms with Gasteiger partial charge in [0.2, 0.25) is 5.95 Å². The normalized spacial score (nSPS) is 18.7. The summed E-state index contributed by atoms with van der Waals surface area (Å²) in [4.78, 5) is 4.39. The summed E-state index contributed by atoms with van der Waals surface area (Å²) < 4.78 is 12.8. The molecule has 134 valence electrons. The van der Waals surface area contributed by atoms with Gasteiger partial charge in [0.25, 0.3) is 0 Å². The molecule has 0 radical (unpaired) electrons. The average molecular weight is 350 g/mol. The molecule has 6 heteroatoms. The first-order valence-corrected chi connectivity index (χ1v) is 8.64. The molecule has 1 aliphatic heterocycles. The maximum absolute atomic E-state index is 5.48. The van der Waals surface area contributed by atoms with Crippen LogP contribution in [0.2, 0.25) is 0 Å². The molecule has 26 heavy (non-hydrogen) atoms. The number of rotatable bonds is 4. The van der Waals surface area contributed by atoms with Crippen LogP contribution in [0.15, 0.2) is 48.8 Å². The summed E-state index contributed by atoms with van der Waals surface area (Å²) in [5.74, 6) is 2.22. The Morgan fingerprint density at radius 2 is 1.73 bits per heavy atom. The van der Waals surface area contributed by atoms with E-state index < -0.39 is 0 Å². The first-order valence-electron chi connectivity index (χ1n) is 8.64. The SMILES string of the molecule is COc1ccc([C@@H]2C[C@@H](c3ccc(C)cc3)Nc3ncnn32)cc1OC. The van der Waals surface area contributed by atoms with Gasteiger partial charge in [-0.2, -0.15) is 10.1 Å². The summed E-state index contributed by atoms with van der Waals surface area (Å²) in [7, 11) is 3.30. The van der Waals surface area contributed by atoms with E-state index in [1.165, 1.54) is 11.1 Å². The Hall–Kier alpha value is -3.02. The lowest BCUT2D eigenvalue weighted by Crippen LogP contribution is -2.28. The summed E-state index contributed by atoms with van der Waals surface area (Å²) in [6.45, 7) is 2.10. The third kappa shape index (κ3) is 2.87. The van der Waals surface area contributed by atoms with E-state index in [4.69, 9.17) is 9.47 Å². The van der Waals surface area contributed by atoms with Crippen LogP contribution in [-0.2, 0) is 0 Å². The zero-order valence-corrected chi connectivity index (χ0v) is 15.1. The standard InChI is InChI=1S/C20H22N4O2/c1-13-4-6-14(7-5-13)16-11-17(24-20(23-16)21-12-22-24)15-8-9-18(25-2)19(10-15)26-3/h4-10,12,16-17H,11H2,1-3H3,(H,21,22,23)/t16-,17-/m0/s1. The molecule has 0 amide bonds. The Bertz CT molecular complexity index is 904. The molecule has 0 bridgehead atoms. The second kappa shape index (κ2) is 6.71. The third-order valence-corrected chi connectivity index (χ3v) is 4.90. The lowest BCUT2D eigenvalue weighted by molar-refractivity contribution is 0.352. The van der Waals surface area contributed by atoms with Crippen LogP contribution in [0.1, 0.15) is 35.2 Å². The van der Waals surface area contributed by atoms with Crippen molar-refractivity contribution in [1.82, 2.24) is 14.8 Å². The number of fused-ring (bicyclic) bond motifs is 1. The van der Waals surface area contributed by atoms with Gasteiger partial charge in [-0.05, 0) is 36.6 Å². The van der Waals surface area contributed by atoms with Crippen molar-refractivity contribution in [3.05, 3.63) is 65.5 Å². The Morgan fingerprint density at radius 1 is 1.00 bits per heavy atom. The number of aromatic nitrogens is 3. The highest BCUT2D eigenvalue weighted by Gasteiger charge is 2.30. The van der Waals surface area contributed by atoms with Gasteiger partial charge < -0.3 is 14.8 Å². The van der Waals surface area contributed by atoms with Crippen molar-refractivity contribution in [2.75, 3.05) is 19.5 Å². The smallest absolute Gasteiger partial charge is 0.222 e. The molecule has 1 aromatic heterocycles. The van der Waals surface area contributed by atoms with Gasteiger partial charge in [-0.15, -0.1) is 0 Å². The molecule has 0 saturated heterocycles. The van der Waals surface area contributed by atoms with Crippen LogP contribution in [0.4, 0.5) is 5.95 Å². The average Bonchev–Trinajstić information content (AvgIpc) is 3.16. The molecule has 2 heterocycles. The summed E-state index contributed by atoms with van der Waals surface area (Å²) in [5, 5.41) is 7.92. The van der Waals surface area contributed by atoms with Crippen LogP contribution < -0.4 is 14.8 Å². The van der Waals surface area contributed by atoms with Gasteiger partial charge in [-0.1, -0.05) is 35.9 Å². The van der Waals surface area contributed by atoms with E-state index in [0.717, 1.165) is 29.4 Å². The molecular weight excluding hydrogens is 328 g/mol. The lowest BCUT2D eigenvalue weighted by atomic mass is 9.93. The van der Waals surface area contributed by atoms with Crippen LogP contribution >= 0.6 is 0 Å². The summed E-state index contributed by atoms with van der Waals surface area (Å²) in [6.07, 6.45) is 2.46. The molecule has 0 fully saturated rings. The fraction of sp³-hybridized carbons (Fsp3) is 0.300. The number of nitrogens with one attached hydrogen (secondary N) is 1. The van der Waals surface area contributed by atoms with E-state index in [1.807, 2.05) is 16.8 Å². The molecular formula is C20H22N4O2. The van der Waals surface area contributed by atoms with Gasteiger partial charge in [-0.25, -0.2) is 4.68 Å². The molecule has 0 spiro atoms. The largest absolute Gasteiger partial charge is 0.493 e. The van der Waals surface area contributed by atoms with Gasteiger partial charge in [-0.3, -0.25) is 0 Å². The van der Waals surface area contributed by atoms with E-state index in [1.54, 1.807) is 20.5 Å². The highest BCUT2D eigenvalue weighted by molar-refractivity contribution is 5.46. The second-order valence-electron chi connectivity index (χ2n) is 6.50. The minimum absolute atomic E-state index is 0.0693. The van der Waals surface area contributed by atoms with E-state index in [9.17, 15) is 0 Å². The first-order chi connectivity index (χ1) is 12.7. The molecule has 0 aliphatic carbocycles. The fourth-order valence-corrected chi connectivity index (χ4v) is 3.47. The second-order valence-corrected chi connectivity index (χ2v) is 6.50. The van der Waals surface area contributed by atoms with E-state index in [0.29, 0.717) is 0 Å². The van der Waals surface area contributed by atoms with Gasteiger partial charge in [0.05, 0.1) is 26.3 Å². The molecule has 1 aliphatic rings. The molecule has 4 rings (SSSR count). The van der Waals surface area contributed by atoms with Crippen molar-refractivity contribution in [3.8, 4) is 11.5 Å². The number of aryl methyl sites for hydroxylation is 1. The fourth-order valence-electron chi connectivity index (χ4n) is 3.47. The maximum atomic E-state index is 5.48. The number of ether oxygens (including phenoxy) is 2. The number of nitrogens with zero attached hydrogens (tertiary/aromatic N) is 3. The van der Waals surface area contributed by atoms with Crippen LogP contribution in [0.5, 0.6) is 11.5 Å². The number of methoxy groups -OCH3 is 2. The van der Waals surface area contributed by atoms with Crippen molar-refractivity contribution in [2.45, 2.75) is 25.4 Å². The monoisotopic (exact) mass is 350 g/mol. The number of hydrogen-bond acceptors (Lipinski definition) is 5. The van der Waals surface area contributed by atoms with Gasteiger partial charge in [0.15, 0.2) is 11.5 Å². The Kier molecular flexibility index (Phi) is 4.24. The van der Waals surface area contributed by atoms with Crippen molar-refractivity contribution in [1.29, 1.82) is 0 Å². The minimum Gasteiger partial charge on any atom is -0.493 e. The van der Waals surface area contributed by atoms with E-state index in [2.05, 4.69) is 52.7 Å². The van der Waals surface area contributed by atoms with Crippen LogP contribution in [0.25, 0.3) is 0 Å². The number of benzene rings is 2. The summed E-state index contributed by atoms with van der Waals surface area (Å²) >= 11 is 0. The maximum Gasteiger partial charge on any atom is 0.222 e. The highest BCUT2D eigenvalue weighted by Crippen LogP contribution is 2.39. The Morgan fingerprint density at radius 3 is 2.46 bits per heavy atom. The predicted octanol–water partition coefficient (Wildman–Crippen LogP) is 3.75. The van der Waals surface area contributed by atoms with Crippen LogP contribution in [0.3, 0.4) is 0 Å².